The first-order chi connectivity index (χ1) is 8.79. The molecule has 96 valence electrons. The van der Waals surface area contributed by atoms with Crippen molar-refractivity contribution in [2.45, 2.75) is 17.1 Å². The summed E-state index contributed by atoms with van der Waals surface area (Å²) < 4.78 is 6.25. The lowest BCUT2D eigenvalue weighted by atomic mass is 10.4. The molecule has 1 aromatic carbocycles. The SMILES string of the molecule is CNCCc1nc(CSc2ccccc2Br)no1. The molecule has 1 N–H and O–H groups in total. The van der Waals surface area contributed by atoms with E-state index in [1.165, 1.54) is 4.90 Å². The van der Waals surface area contributed by atoms with E-state index < -0.39 is 0 Å². The van der Waals surface area contributed by atoms with Crippen molar-refractivity contribution < 1.29 is 4.52 Å². The average molecular weight is 328 g/mol. The second-order valence-electron chi connectivity index (χ2n) is 3.68. The van der Waals surface area contributed by atoms with Gasteiger partial charge in [-0.1, -0.05) is 17.3 Å². The smallest absolute Gasteiger partial charge is 0.227 e. The van der Waals surface area contributed by atoms with Gasteiger partial charge in [0.1, 0.15) is 0 Å². The number of nitrogens with one attached hydrogen (secondary N) is 1. The minimum atomic E-state index is 0.687. The zero-order valence-electron chi connectivity index (χ0n) is 10.0. The van der Waals surface area contributed by atoms with Crippen molar-refractivity contribution in [2.75, 3.05) is 13.6 Å². The molecule has 2 aromatic rings. The molecule has 0 aliphatic heterocycles. The van der Waals surface area contributed by atoms with E-state index in [2.05, 4.69) is 37.5 Å². The molecule has 6 heteroatoms. The number of thioether (sulfide) groups is 1. The molecule has 0 bridgehead atoms. The van der Waals surface area contributed by atoms with Crippen molar-refractivity contribution in [1.82, 2.24) is 15.5 Å². The van der Waals surface area contributed by atoms with Gasteiger partial charge < -0.3 is 9.84 Å². The van der Waals surface area contributed by atoms with Crippen LogP contribution < -0.4 is 5.32 Å². The van der Waals surface area contributed by atoms with Gasteiger partial charge in [0.2, 0.25) is 5.89 Å². The van der Waals surface area contributed by atoms with Crippen molar-refractivity contribution in [3.63, 3.8) is 0 Å². The Hall–Kier alpha value is -0.850. The van der Waals surface area contributed by atoms with Crippen LogP contribution in [0.2, 0.25) is 0 Å². The summed E-state index contributed by atoms with van der Waals surface area (Å²) in [5.41, 5.74) is 0. The molecule has 18 heavy (non-hydrogen) atoms. The van der Waals surface area contributed by atoms with Crippen LogP contribution in [0.5, 0.6) is 0 Å². The lowest BCUT2D eigenvalue weighted by Gasteiger charge is -2.00. The quantitative estimate of drug-likeness (QED) is 0.827. The Morgan fingerprint density at radius 2 is 2.22 bits per heavy atom. The fourth-order valence-electron chi connectivity index (χ4n) is 1.39. The standard InChI is InChI=1S/C12H14BrN3OS/c1-14-7-6-12-15-11(16-17-12)8-18-10-5-3-2-4-9(10)13/h2-5,14H,6-8H2,1H3. The zero-order chi connectivity index (χ0) is 12.8. The molecular weight excluding hydrogens is 314 g/mol. The Balaban J connectivity index is 1.90. The second-order valence-corrected chi connectivity index (χ2v) is 5.55. The lowest BCUT2D eigenvalue weighted by Crippen LogP contribution is -2.10. The fraction of sp³-hybridized carbons (Fsp3) is 0.333. The monoisotopic (exact) mass is 327 g/mol. The van der Waals surface area contributed by atoms with E-state index in [0.717, 1.165) is 23.3 Å². The molecule has 1 aromatic heterocycles. The highest BCUT2D eigenvalue weighted by Gasteiger charge is 2.07. The van der Waals surface area contributed by atoms with Gasteiger partial charge in [-0.05, 0) is 35.1 Å². The number of halogens is 1. The molecule has 0 unspecified atom stereocenters. The van der Waals surface area contributed by atoms with E-state index in [9.17, 15) is 0 Å². The molecule has 0 aliphatic rings. The van der Waals surface area contributed by atoms with Crippen LogP contribution in [0.3, 0.4) is 0 Å². The third kappa shape index (κ3) is 3.83. The van der Waals surface area contributed by atoms with Gasteiger partial charge in [0, 0.05) is 22.3 Å². The molecule has 4 nitrogen and oxygen atoms in total. The van der Waals surface area contributed by atoms with Gasteiger partial charge in [-0.15, -0.1) is 11.8 Å². The molecule has 0 amide bonds. The van der Waals surface area contributed by atoms with Crippen LogP contribution in [0.1, 0.15) is 11.7 Å². The summed E-state index contributed by atoms with van der Waals surface area (Å²) >= 11 is 5.21. The molecule has 0 atom stereocenters. The predicted molar refractivity (Wildman–Crippen MR) is 75.6 cm³/mol. The minimum absolute atomic E-state index is 0.687. The molecule has 0 aliphatic carbocycles. The molecule has 0 radical (unpaired) electrons. The predicted octanol–water partition coefficient (Wildman–Crippen LogP) is 2.89. The van der Waals surface area contributed by atoms with Crippen LogP contribution in [-0.2, 0) is 12.2 Å². The highest BCUT2D eigenvalue weighted by atomic mass is 79.9. The van der Waals surface area contributed by atoms with Gasteiger partial charge in [-0.2, -0.15) is 4.98 Å². The highest BCUT2D eigenvalue weighted by molar-refractivity contribution is 9.10. The van der Waals surface area contributed by atoms with Crippen molar-refractivity contribution in [3.05, 3.63) is 40.5 Å². The number of likely N-dealkylation sites (N-methyl/N-ethyl adjacent to an activating group) is 1. The van der Waals surface area contributed by atoms with Crippen LogP contribution in [0.4, 0.5) is 0 Å². The summed E-state index contributed by atoms with van der Waals surface area (Å²) in [7, 11) is 1.90. The first-order valence-electron chi connectivity index (χ1n) is 5.63. The van der Waals surface area contributed by atoms with Gasteiger partial charge in [-0.25, -0.2) is 0 Å². The normalized spacial score (nSPS) is 10.8. The van der Waals surface area contributed by atoms with Crippen LogP contribution >= 0.6 is 27.7 Å². The fourth-order valence-corrected chi connectivity index (χ4v) is 2.80. The van der Waals surface area contributed by atoms with Gasteiger partial charge in [-0.3, -0.25) is 0 Å². The summed E-state index contributed by atoms with van der Waals surface area (Å²) in [4.78, 5) is 5.52. The summed E-state index contributed by atoms with van der Waals surface area (Å²) in [6.45, 7) is 0.846. The maximum Gasteiger partial charge on any atom is 0.227 e. The highest BCUT2D eigenvalue weighted by Crippen LogP contribution is 2.28. The van der Waals surface area contributed by atoms with Gasteiger partial charge in [0.15, 0.2) is 5.82 Å². The van der Waals surface area contributed by atoms with Gasteiger partial charge in [0.25, 0.3) is 0 Å². The van der Waals surface area contributed by atoms with E-state index in [4.69, 9.17) is 4.52 Å². The lowest BCUT2D eigenvalue weighted by molar-refractivity contribution is 0.373. The van der Waals surface area contributed by atoms with Crippen LogP contribution in [-0.4, -0.2) is 23.7 Å². The number of hydrogen-bond donors (Lipinski definition) is 1. The Morgan fingerprint density at radius 3 is 3.00 bits per heavy atom. The van der Waals surface area contributed by atoms with Gasteiger partial charge >= 0.3 is 0 Å². The van der Waals surface area contributed by atoms with E-state index in [-0.39, 0.29) is 0 Å². The maximum atomic E-state index is 5.16. The minimum Gasteiger partial charge on any atom is -0.339 e. The molecule has 0 saturated carbocycles. The van der Waals surface area contributed by atoms with E-state index in [0.29, 0.717) is 11.6 Å². The molecule has 0 fully saturated rings. The first-order valence-corrected chi connectivity index (χ1v) is 7.41. The van der Waals surface area contributed by atoms with Gasteiger partial charge in [0.05, 0.1) is 5.75 Å². The third-order valence-corrected chi connectivity index (χ3v) is 4.32. The first kappa shape index (κ1) is 13.6. The summed E-state index contributed by atoms with van der Waals surface area (Å²) in [5.74, 6) is 2.14. The largest absolute Gasteiger partial charge is 0.339 e. The van der Waals surface area contributed by atoms with Crippen molar-refractivity contribution in [2.24, 2.45) is 0 Å². The number of rotatable bonds is 6. The van der Waals surface area contributed by atoms with Crippen LogP contribution in [0.25, 0.3) is 0 Å². The number of aromatic nitrogens is 2. The molecule has 1 heterocycles. The van der Waals surface area contributed by atoms with Crippen LogP contribution in [0, 0.1) is 0 Å². The summed E-state index contributed by atoms with van der Waals surface area (Å²) in [6, 6.07) is 8.10. The Morgan fingerprint density at radius 1 is 1.39 bits per heavy atom. The Bertz CT molecular complexity index is 504. The Kier molecular flexibility index (Phi) is 5.22. The number of benzene rings is 1. The Labute approximate surface area is 119 Å². The van der Waals surface area contributed by atoms with E-state index in [1.807, 2.05) is 25.2 Å². The van der Waals surface area contributed by atoms with Crippen LogP contribution in [0.15, 0.2) is 38.2 Å². The maximum absolute atomic E-state index is 5.16. The third-order valence-electron chi connectivity index (χ3n) is 2.29. The summed E-state index contributed by atoms with van der Waals surface area (Å²) in [6.07, 6.45) is 0.767. The molecule has 0 spiro atoms. The van der Waals surface area contributed by atoms with Crippen molar-refractivity contribution in [1.29, 1.82) is 0 Å². The van der Waals surface area contributed by atoms with E-state index in [1.54, 1.807) is 11.8 Å². The van der Waals surface area contributed by atoms with Crippen molar-refractivity contribution >= 4 is 27.7 Å². The van der Waals surface area contributed by atoms with Crippen molar-refractivity contribution in [3.8, 4) is 0 Å². The second kappa shape index (κ2) is 6.92. The average Bonchev–Trinajstić information content (AvgIpc) is 2.83. The number of hydrogen-bond acceptors (Lipinski definition) is 5. The number of nitrogens with zero attached hydrogens (tertiary/aromatic N) is 2. The molecular formula is C12H14BrN3OS. The topological polar surface area (TPSA) is 51.0 Å². The molecule has 0 saturated heterocycles. The van der Waals surface area contributed by atoms with E-state index >= 15 is 0 Å². The zero-order valence-corrected chi connectivity index (χ0v) is 12.4. The molecule has 2 rings (SSSR count). The summed E-state index contributed by atoms with van der Waals surface area (Å²) in [5, 5.41) is 7.02.